The number of benzene rings is 2. The van der Waals surface area contributed by atoms with Crippen LogP contribution in [0.15, 0.2) is 55.4 Å². The number of piperidine rings is 1. The van der Waals surface area contributed by atoms with Gasteiger partial charge in [-0.25, -0.2) is 9.50 Å². The number of hydrogen-bond acceptors (Lipinski definition) is 5. The predicted molar refractivity (Wildman–Crippen MR) is 148 cm³/mol. The zero-order valence-electron chi connectivity index (χ0n) is 20.7. The van der Waals surface area contributed by atoms with Crippen LogP contribution in [0.2, 0.25) is 10.0 Å². The summed E-state index contributed by atoms with van der Waals surface area (Å²) in [7, 11) is 0. The van der Waals surface area contributed by atoms with Gasteiger partial charge in [-0.05, 0) is 73.7 Å². The first-order chi connectivity index (χ1) is 17.8. The molecule has 1 atom stereocenters. The third-order valence-corrected chi connectivity index (χ3v) is 7.65. The molecule has 0 radical (unpaired) electrons. The Morgan fingerprint density at radius 1 is 1.19 bits per heavy atom. The number of carbonyl (C=O) groups is 1. The summed E-state index contributed by atoms with van der Waals surface area (Å²) in [6, 6.07) is 11.5. The van der Waals surface area contributed by atoms with Crippen LogP contribution in [0.5, 0.6) is 11.5 Å². The van der Waals surface area contributed by atoms with Crippen molar-refractivity contribution in [3.63, 3.8) is 0 Å². The van der Waals surface area contributed by atoms with E-state index in [0.717, 1.165) is 40.8 Å². The van der Waals surface area contributed by atoms with Crippen LogP contribution < -0.4 is 10.5 Å². The van der Waals surface area contributed by atoms with Crippen molar-refractivity contribution in [2.24, 2.45) is 0 Å². The molecule has 2 aromatic heterocycles. The van der Waals surface area contributed by atoms with Gasteiger partial charge in [-0.1, -0.05) is 41.9 Å². The van der Waals surface area contributed by atoms with Gasteiger partial charge in [0.1, 0.15) is 23.3 Å². The maximum absolute atomic E-state index is 12.3. The summed E-state index contributed by atoms with van der Waals surface area (Å²) < 4.78 is 7.88. The first-order valence-corrected chi connectivity index (χ1v) is 12.8. The minimum Gasteiger partial charge on any atom is -0.457 e. The topological polar surface area (TPSA) is 85.8 Å². The molecular weight excluding hydrogens is 509 g/mol. The third-order valence-electron chi connectivity index (χ3n) is 6.86. The van der Waals surface area contributed by atoms with Gasteiger partial charge in [0.25, 0.3) is 0 Å². The number of hydrogen-bond donors (Lipinski definition) is 1. The number of rotatable bonds is 5. The molecule has 1 fully saturated rings. The lowest BCUT2D eigenvalue weighted by Crippen LogP contribution is -2.38. The summed E-state index contributed by atoms with van der Waals surface area (Å²) in [5.41, 5.74) is 11.4. The van der Waals surface area contributed by atoms with Crippen molar-refractivity contribution in [3.8, 4) is 22.6 Å². The highest BCUT2D eigenvalue weighted by atomic mass is 35.5. The van der Waals surface area contributed by atoms with E-state index in [9.17, 15) is 4.79 Å². The molecule has 4 aromatic rings. The SMILES string of the molecule is C=CC(=O)N1CCCC(c2c(Cl)c(-c3ccc(Oc4ccc(C)c(Cl)c4)c(C)c3)c3c(N)ncnn23)C1. The van der Waals surface area contributed by atoms with E-state index in [1.54, 1.807) is 15.5 Å². The zero-order chi connectivity index (χ0) is 26.3. The van der Waals surface area contributed by atoms with Gasteiger partial charge in [0, 0.05) is 29.6 Å². The Kier molecular flexibility index (Phi) is 6.84. The molecule has 1 amide bonds. The number of fused-ring (bicyclic) bond motifs is 1. The van der Waals surface area contributed by atoms with Crippen LogP contribution in [0.1, 0.15) is 35.6 Å². The number of nitrogens with zero attached hydrogens (tertiary/aromatic N) is 4. The van der Waals surface area contributed by atoms with Crippen molar-refractivity contribution in [1.29, 1.82) is 0 Å². The Morgan fingerprint density at radius 2 is 2.00 bits per heavy atom. The van der Waals surface area contributed by atoms with E-state index in [0.29, 0.717) is 46.0 Å². The summed E-state index contributed by atoms with van der Waals surface area (Å²) in [6.07, 6.45) is 4.51. The first kappa shape index (κ1) is 25.1. The van der Waals surface area contributed by atoms with Crippen LogP contribution in [0.3, 0.4) is 0 Å². The molecule has 5 rings (SSSR count). The fraction of sp³-hybridized carbons (Fsp3) is 0.250. The normalized spacial score (nSPS) is 15.7. The second kappa shape index (κ2) is 10.1. The Balaban J connectivity index is 1.56. The van der Waals surface area contributed by atoms with Gasteiger partial charge in [-0.2, -0.15) is 5.10 Å². The lowest BCUT2D eigenvalue weighted by atomic mass is 9.93. The number of likely N-dealkylation sites (tertiary alicyclic amines) is 1. The first-order valence-electron chi connectivity index (χ1n) is 12.1. The number of aromatic nitrogens is 3. The van der Waals surface area contributed by atoms with E-state index in [-0.39, 0.29) is 11.8 Å². The van der Waals surface area contributed by atoms with Crippen LogP contribution in [0.4, 0.5) is 5.82 Å². The molecule has 7 nitrogen and oxygen atoms in total. The summed E-state index contributed by atoms with van der Waals surface area (Å²) in [5.74, 6) is 1.61. The fourth-order valence-electron chi connectivity index (χ4n) is 4.94. The number of halogens is 2. The predicted octanol–water partition coefficient (Wildman–Crippen LogP) is 6.59. The Hall–Kier alpha value is -3.55. The van der Waals surface area contributed by atoms with E-state index in [1.807, 2.05) is 44.2 Å². The highest BCUT2D eigenvalue weighted by molar-refractivity contribution is 6.35. The molecule has 1 saturated heterocycles. The van der Waals surface area contributed by atoms with Gasteiger partial charge in [0.2, 0.25) is 5.91 Å². The molecule has 0 aliphatic carbocycles. The highest BCUT2D eigenvalue weighted by Gasteiger charge is 2.31. The molecule has 1 unspecified atom stereocenters. The number of nitrogen functional groups attached to an aromatic ring is 1. The molecule has 2 N–H and O–H groups in total. The molecule has 0 saturated carbocycles. The van der Waals surface area contributed by atoms with E-state index < -0.39 is 0 Å². The number of anilines is 1. The van der Waals surface area contributed by atoms with Crippen molar-refractivity contribution in [1.82, 2.24) is 19.5 Å². The molecule has 9 heteroatoms. The van der Waals surface area contributed by atoms with Gasteiger partial charge < -0.3 is 15.4 Å². The summed E-state index contributed by atoms with van der Waals surface area (Å²) in [5, 5.41) is 5.72. The summed E-state index contributed by atoms with van der Waals surface area (Å²) in [6.45, 7) is 8.78. The second-order valence-corrected chi connectivity index (χ2v) is 10.1. The maximum Gasteiger partial charge on any atom is 0.245 e. The third kappa shape index (κ3) is 4.65. The highest BCUT2D eigenvalue weighted by Crippen LogP contribution is 2.44. The van der Waals surface area contributed by atoms with Gasteiger partial charge in [-0.3, -0.25) is 4.79 Å². The molecule has 190 valence electrons. The van der Waals surface area contributed by atoms with Crippen molar-refractivity contribution in [3.05, 3.63) is 82.2 Å². The number of amides is 1. The Morgan fingerprint density at radius 3 is 2.73 bits per heavy atom. The second-order valence-electron chi connectivity index (χ2n) is 9.30. The largest absolute Gasteiger partial charge is 0.457 e. The van der Waals surface area contributed by atoms with Crippen LogP contribution in [0.25, 0.3) is 16.6 Å². The summed E-state index contributed by atoms with van der Waals surface area (Å²) in [4.78, 5) is 18.3. The minimum absolute atomic E-state index is 0.00399. The molecule has 1 aliphatic rings. The molecule has 3 heterocycles. The molecule has 37 heavy (non-hydrogen) atoms. The number of aryl methyl sites for hydroxylation is 2. The number of nitrogens with two attached hydrogens (primary N) is 1. The van der Waals surface area contributed by atoms with Gasteiger partial charge in [0.15, 0.2) is 5.82 Å². The standard InChI is InChI=1S/C28H27Cl2N5O2/c1-4-23(36)34-11-5-6-19(14-34)26-25(30)24(27-28(31)32-15-33-35(26)27)18-8-10-22(17(3)12-18)37-20-9-7-16(2)21(29)13-20/h4,7-10,12-13,15,19H,1,5-6,11,14H2,2-3H3,(H2,31,32,33). The van der Waals surface area contributed by atoms with Crippen LogP contribution in [-0.2, 0) is 4.79 Å². The molecule has 0 bridgehead atoms. The monoisotopic (exact) mass is 535 g/mol. The molecular formula is C28H27Cl2N5O2. The summed E-state index contributed by atoms with van der Waals surface area (Å²) >= 11 is 13.4. The Bertz CT molecular complexity index is 1530. The Labute approximate surface area is 225 Å². The van der Waals surface area contributed by atoms with Gasteiger partial charge >= 0.3 is 0 Å². The zero-order valence-corrected chi connectivity index (χ0v) is 22.2. The van der Waals surface area contributed by atoms with Crippen LogP contribution >= 0.6 is 23.2 Å². The lowest BCUT2D eigenvalue weighted by molar-refractivity contribution is -0.127. The van der Waals surface area contributed by atoms with Crippen molar-refractivity contribution in [2.45, 2.75) is 32.6 Å². The smallest absolute Gasteiger partial charge is 0.245 e. The van der Waals surface area contributed by atoms with E-state index >= 15 is 0 Å². The fourth-order valence-corrected chi connectivity index (χ4v) is 5.54. The lowest BCUT2D eigenvalue weighted by Gasteiger charge is -2.32. The maximum atomic E-state index is 12.3. The van der Waals surface area contributed by atoms with E-state index in [4.69, 9.17) is 33.7 Å². The van der Waals surface area contributed by atoms with Gasteiger partial charge in [0.05, 0.1) is 10.7 Å². The van der Waals surface area contributed by atoms with E-state index in [2.05, 4.69) is 16.7 Å². The average molecular weight is 536 g/mol. The van der Waals surface area contributed by atoms with Crippen molar-refractivity contribution >= 4 is 40.4 Å². The van der Waals surface area contributed by atoms with E-state index in [1.165, 1.54) is 12.4 Å². The average Bonchev–Trinajstić information content (AvgIpc) is 3.20. The molecule has 2 aromatic carbocycles. The number of ether oxygens (including phenoxy) is 1. The van der Waals surface area contributed by atoms with Crippen LogP contribution in [0, 0.1) is 13.8 Å². The van der Waals surface area contributed by atoms with Crippen LogP contribution in [-0.4, -0.2) is 38.5 Å². The molecule has 0 spiro atoms. The van der Waals surface area contributed by atoms with Crippen molar-refractivity contribution < 1.29 is 9.53 Å². The van der Waals surface area contributed by atoms with Crippen molar-refractivity contribution in [2.75, 3.05) is 18.8 Å². The minimum atomic E-state index is -0.0860. The molecule has 1 aliphatic heterocycles. The van der Waals surface area contributed by atoms with Gasteiger partial charge in [-0.15, -0.1) is 0 Å². The quantitative estimate of drug-likeness (QED) is 0.291. The number of carbonyl (C=O) groups excluding carboxylic acids is 1.